The van der Waals surface area contributed by atoms with Crippen LogP contribution in [0.15, 0.2) is 36.4 Å². The molecule has 1 atom stereocenters. The second-order valence-electron chi connectivity index (χ2n) is 5.45. The number of phenols is 2. The Kier molecular flexibility index (Phi) is 4.51. The van der Waals surface area contributed by atoms with Gasteiger partial charge in [0.2, 0.25) is 0 Å². The fourth-order valence-electron chi connectivity index (χ4n) is 2.74. The van der Waals surface area contributed by atoms with Gasteiger partial charge in [-0.2, -0.15) is 0 Å². The lowest BCUT2D eigenvalue weighted by Gasteiger charge is -2.38. The molecular weight excluding hydrogens is 332 g/mol. The van der Waals surface area contributed by atoms with Crippen molar-refractivity contribution in [3.63, 3.8) is 0 Å². The van der Waals surface area contributed by atoms with E-state index in [1.165, 1.54) is 12.1 Å². The molecule has 1 amide bonds. The largest absolute Gasteiger partial charge is 0.504 e. The number of anilines is 1. The monoisotopic (exact) mass is 348 g/mol. The summed E-state index contributed by atoms with van der Waals surface area (Å²) in [5.41, 5.74) is 1.83. The maximum atomic E-state index is 12.8. The third-order valence-electron chi connectivity index (χ3n) is 3.94. The van der Waals surface area contributed by atoms with Gasteiger partial charge in [-0.05, 0) is 24.3 Å². The SMILES string of the molecule is COCCN1C(=O)c2ccccc2N[C@@H]1c1cc(O)c(O)c(Cl)c1. The summed E-state index contributed by atoms with van der Waals surface area (Å²) >= 11 is 5.96. The Labute approximate surface area is 144 Å². The Balaban J connectivity index is 2.05. The van der Waals surface area contributed by atoms with Crippen molar-refractivity contribution >= 4 is 23.2 Å². The van der Waals surface area contributed by atoms with Crippen LogP contribution in [0.5, 0.6) is 11.5 Å². The highest BCUT2D eigenvalue weighted by Crippen LogP contribution is 2.39. The third-order valence-corrected chi connectivity index (χ3v) is 4.23. The van der Waals surface area contributed by atoms with Crippen LogP contribution in [0, 0.1) is 0 Å². The number of hydrogen-bond donors (Lipinski definition) is 3. The maximum Gasteiger partial charge on any atom is 0.257 e. The minimum Gasteiger partial charge on any atom is -0.504 e. The van der Waals surface area contributed by atoms with Crippen molar-refractivity contribution in [1.29, 1.82) is 0 Å². The van der Waals surface area contributed by atoms with Crippen molar-refractivity contribution < 1.29 is 19.7 Å². The number of carbonyl (C=O) groups excluding carboxylic acids is 1. The molecule has 0 saturated carbocycles. The molecule has 0 spiro atoms. The topological polar surface area (TPSA) is 82.0 Å². The minimum absolute atomic E-state index is 0.0183. The van der Waals surface area contributed by atoms with Crippen LogP contribution >= 0.6 is 11.6 Å². The molecule has 3 rings (SSSR count). The van der Waals surface area contributed by atoms with Crippen molar-refractivity contribution in [2.24, 2.45) is 0 Å². The lowest BCUT2D eigenvalue weighted by molar-refractivity contribution is 0.0609. The number of hydrogen-bond acceptors (Lipinski definition) is 5. The Morgan fingerprint density at radius 1 is 1.29 bits per heavy atom. The van der Waals surface area contributed by atoms with E-state index in [0.717, 1.165) is 0 Å². The van der Waals surface area contributed by atoms with E-state index in [0.29, 0.717) is 30.0 Å². The number of ether oxygens (including phenoxy) is 1. The number of amides is 1. The Morgan fingerprint density at radius 3 is 2.75 bits per heavy atom. The summed E-state index contributed by atoms with van der Waals surface area (Å²) in [5, 5.41) is 22.8. The van der Waals surface area contributed by atoms with Crippen molar-refractivity contribution in [3.8, 4) is 11.5 Å². The molecule has 0 unspecified atom stereocenters. The quantitative estimate of drug-likeness (QED) is 0.740. The average molecular weight is 349 g/mol. The summed E-state index contributed by atoms with van der Waals surface area (Å²) in [5.74, 6) is -0.862. The lowest BCUT2D eigenvalue weighted by Crippen LogP contribution is -2.44. The van der Waals surface area contributed by atoms with Crippen LogP contribution < -0.4 is 5.32 Å². The number of halogens is 1. The van der Waals surface area contributed by atoms with Gasteiger partial charge in [-0.25, -0.2) is 0 Å². The van der Waals surface area contributed by atoms with Gasteiger partial charge in [0.25, 0.3) is 5.91 Å². The van der Waals surface area contributed by atoms with Crippen LogP contribution in [0.25, 0.3) is 0 Å². The number of rotatable bonds is 4. The van der Waals surface area contributed by atoms with E-state index in [1.54, 1.807) is 24.1 Å². The minimum atomic E-state index is -0.536. The van der Waals surface area contributed by atoms with Gasteiger partial charge in [0, 0.05) is 24.9 Å². The zero-order chi connectivity index (χ0) is 17.3. The number of methoxy groups -OCH3 is 1. The van der Waals surface area contributed by atoms with E-state index in [1.807, 2.05) is 12.1 Å². The molecule has 1 aliphatic rings. The number of phenolic OH excluding ortho intramolecular Hbond substituents is 2. The van der Waals surface area contributed by atoms with E-state index in [-0.39, 0.29) is 22.4 Å². The summed E-state index contributed by atoms with van der Waals surface area (Å²) in [4.78, 5) is 14.4. The first kappa shape index (κ1) is 16.4. The van der Waals surface area contributed by atoms with Gasteiger partial charge < -0.3 is 25.2 Å². The lowest BCUT2D eigenvalue weighted by atomic mass is 10.0. The molecule has 0 aromatic heterocycles. The fraction of sp³-hybridized carbons (Fsp3) is 0.235. The number of fused-ring (bicyclic) bond motifs is 1. The van der Waals surface area contributed by atoms with Gasteiger partial charge >= 0.3 is 0 Å². The van der Waals surface area contributed by atoms with E-state index in [2.05, 4.69) is 5.32 Å². The molecule has 7 heteroatoms. The van der Waals surface area contributed by atoms with E-state index in [9.17, 15) is 15.0 Å². The van der Waals surface area contributed by atoms with Crippen molar-refractivity contribution in [2.45, 2.75) is 6.17 Å². The normalized spacial score (nSPS) is 16.7. The molecule has 1 aliphatic heterocycles. The molecule has 2 aromatic carbocycles. The Bertz CT molecular complexity index is 758. The van der Waals surface area contributed by atoms with Crippen LogP contribution in [0.3, 0.4) is 0 Å². The average Bonchev–Trinajstić information content (AvgIpc) is 2.58. The van der Waals surface area contributed by atoms with E-state index < -0.39 is 6.17 Å². The third kappa shape index (κ3) is 2.86. The summed E-state index contributed by atoms with van der Waals surface area (Å²) < 4.78 is 5.09. The Hall–Kier alpha value is -2.44. The highest BCUT2D eigenvalue weighted by molar-refractivity contribution is 6.32. The molecule has 0 bridgehead atoms. The molecule has 0 aliphatic carbocycles. The number of nitrogens with one attached hydrogen (secondary N) is 1. The molecule has 24 heavy (non-hydrogen) atoms. The molecule has 0 radical (unpaired) electrons. The highest BCUT2D eigenvalue weighted by atomic mass is 35.5. The van der Waals surface area contributed by atoms with Gasteiger partial charge in [0.05, 0.1) is 17.2 Å². The molecular formula is C17H17ClN2O4. The fourth-order valence-corrected chi connectivity index (χ4v) is 2.96. The van der Waals surface area contributed by atoms with Gasteiger partial charge in [-0.15, -0.1) is 0 Å². The van der Waals surface area contributed by atoms with Crippen LogP contribution in [-0.2, 0) is 4.74 Å². The first-order chi connectivity index (χ1) is 11.5. The predicted molar refractivity (Wildman–Crippen MR) is 90.5 cm³/mol. The standard InChI is InChI=1S/C17H17ClN2O4/c1-24-7-6-20-16(10-8-12(18)15(22)14(21)9-10)19-13-5-3-2-4-11(13)17(20)23/h2-5,8-9,16,19,21-22H,6-7H2,1H3/t16-/m0/s1. The van der Waals surface area contributed by atoms with Crippen LogP contribution in [-0.4, -0.2) is 41.3 Å². The smallest absolute Gasteiger partial charge is 0.257 e. The first-order valence-electron chi connectivity index (χ1n) is 7.39. The molecule has 0 saturated heterocycles. The van der Waals surface area contributed by atoms with Crippen LogP contribution in [0.4, 0.5) is 5.69 Å². The van der Waals surface area contributed by atoms with Gasteiger partial charge in [0.1, 0.15) is 6.17 Å². The number of benzene rings is 2. The summed E-state index contributed by atoms with van der Waals surface area (Å²) in [6, 6.07) is 10.1. The number of para-hydroxylation sites is 1. The van der Waals surface area contributed by atoms with Gasteiger partial charge in [-0.3, -0.25) is 4.79 Å². The number of carbonyl (C=O) groups is 1. The zero-order valence-electron chi connectivity index (χ0n) is 13.0. The molecule has 2 aromatic rings. The highest BCUT2D eigenvalue weighted by Gasteiger charge is 2.33. The molecule has 0 fully saturated rings. The second kappa shape index (κ2) is 6.59. The van der Waals surface area contributed by atoms with Crippen molar-refractivity contribution in [1.82, 2.24) is 4.90 Å². The number of aromatic hydroxyl groups is 2. The number of nitrogens with zero attached hydrogens (tertiary/aromatic N) is 1. The molecule has 1 heterocycles. The van der Waals surface area contributed by atoms with Crippen LogP contribution in [0.1, 0.15) is 22.1 Å². The van der Waals surface area contributed by atoms with Crippen molar-refractivity contribution in [3.05, 3.63) is 52.5 Å². The summed E-state index contributed by atoms with van der Waals surface area (Å²) in [6.45, 7) is 0.727. The van der Waals surface area contributed by atoms with E-state index in [4.69, 9.17) is 16.3 Å². The van der Waals surface area contributed by atoms with Crippen LogP contribution in [0.2, 0.25) is 5.02 Å². The van der Waals surface area contributed by atoms with E-state index >= 15 is 0 Å². The molecule has 6 nitrogen and oxygen atoms in total. The molecule has 126 valence electrons. The summed E-state index contributed by atoms with van der Waals surface area (Å²) in [7, 11) is 1.56. The van der Waals surface area contributed by atoms with Gasteiger partial charge in [0.15, 0.2) is 11.5 Å². The Morgan fingerprint density at radius 2 is 2.04 bits per heavy atom. The second-order valence-corrected chi connectivity index (χ2v) is 5.86. The molecule has 3 N–H and O–H groups in total. The zero-order valence-corrected chi connectivity index (χ0v) is 13.7. The predicted octanol–water partition coefficient (Wildman–Crippen LogP) is 2.96. The van der Waals surface area contributed by atoms with Gasteiger partial charge in [-0.1, -0.05) is 23.7 Å². The maximum absolute atomic E-state index is 12.8. The first-order valence-corrected chi connectivity index (χ1v) is 7.77. The summed E-state index contributed by atoms with van der Waals surface area (Å²) in [6.07, 6.45) is -0.536. The van der Waals surface area contributed by atoms with Crippen molar-refractivity contribution in [2.75, 3.05) is 25.6 Å².